The number of benzene rings is 2. The molecule has 31 heavy (non-hydrogen) atoms. The molecule has 0 N–H and O–H groups in total. The van der Waals surface area contributed by atoms with E-state index in [9.17, 15) is 14.0 Å². The molecule has 4 aromatic rings. The third-order valence-corrected chi connectivity index (χ3v) is 5.45. The first-order valence-corrected chi connectivity index (χ1v) is 9.69. The summed E-state index contributed by atoms with van der Waals surface area (Å²) in [4.78, 5) is 29.1. The minimum absolute atomic E-state index is 0.144. The zero-order chi connectivity index (χ0) is 21.7. The predicted molar refractivity (Wildman–Crippen MR) is 110 cm³/mol. The normalized spacial score (nSPS) is 15.6. The van der Waals surface area contributed by atoms with Gasteiger partial charge < -0.3 is 14.0 Å². The fraction of sp³-hybridized carbons (Fsp3) is 0.227. The van der Waals surface area contributed by atoms with Gasteiger partial charge >= 0.3 is 5.69 Å². The first-order chi connectivity index (χ1) is 14.9. The van der Waals surface area contributed by atoms with Gasteiger partial charge in [-0.2, -0.15) is 0 Å². The van der Waals surface area contributed by atoms with Crippen molar-refractivity contribution in [1.29, 1.82) is 0 Å². The second-order valence-electron chi connectivity index (χ2n) is 7.48. The minimum Gasteiger partial charge on any atom is -0.460 e. The van der Waals surface area contributed by atoms with Crippen LogP contribution in [0.15, 0.2) is 58.4 Å². The second-order valence-corrected chi connectivity index (χ2v) is 7.48. The summed E-state index contributed by atoms with van der Waals surface area (Å²) in [6.07, 6.45) is 0.850. The van der Waals surface area contributed by atoms with E-state index in [-0.39, 0.29) is 24.3 Å². The molecular formula is C22H19FN4O4. The molecule has 9 heteroatoms. The summed E-state index contributed by atoms with van der Waals surface area (Å²) >= 11 is 0. The Morgan fingerprint density at radius 1 is 1.13 bits per heavy atom. The van der Waals surface area contributed by atoms with Crippen molar-refractivity contribution in [3.8, 4) is 5.75 Å². The highest BCUT2D eigenvalue weighted by Gasteiger charge is 2.26. The standard InChI is InChI=1S/C22H19FN4O4/c1-25-19-17(20(28)26(2)22(25)29)27(12-24-19)10-14-8-16(23)9-15-11-30-21(31-18(14)15)13-6-4-3-5-7-13/h3-9,12,21H,10-11H2,1-2H3/t21-/m1/s1. The molecule has 1 atom stereocenters. The zero-order valence-electron chi connectivity index (χ0n) is 16.9. The summed E-state index contributed by atoms with van der Waals surface area (Å²) in [5.74, 6) is 0.0915. The molecule has 158 valence electrons. The number of nitrogens with zero attached hydrogens (tertiary/aromatic N) is 4. The number of hydrogen-bond donors (Lipinski definition) is 0. The lowest BCUT2D eigenvalue weighted by Crippen LogP contribution is -2.37. The Labute approximate surface area is 175 Å². The van der Waals surface area contributed by atoms with Crippen LogP contribution in [0.1, 0.15) is 23.0 Å². The van der Waals surface area contributed by atoms with Gasteiger partial charge in [0.05, 0.1) is 19.5 Å². The van der Waals surface area contributed by atoms with Crippen molar-refractivity contribution in [2.75, 3.05) is 0 Å². The molecule has 0 saturated heterocycles. The number of aryl methyl sites for hydroxylation is 1. The summed E-state index contributed by atoms with van der Waals surface area (Å²) in [6, 6.07) is 12.2. The van der Waals surface area contributed by atoms with Crippen LogP contribution in [0, 0.1) is 5.82 Å². The molecule has 3 heterocycles. The van der Waals surface area contributed by atoms with Gasteiger partial charge in [-0.25, -0.2) is 14.2 Å². The maximum atomic E-state index is 14.3. The number of rotatable bonds is 3. The van der Waals surface area contributed by atoms with Gasteiger partial charge in [0.1, 0.15) is 11.6 Å². The average Bonchev–Trinajstić information content (AvgIpc) is 3.20. The van der Waals surface area contributed by atoms with Crippen LogP contribution >= 0.6 is 0 Å². The van der Waals surface area contributed by atoms with Crippen LogP contribution < -0.4 is 16.0 Å². The molecule has 0 spiro atoms. The van der Waals surface area contributed by atoms with E-state index in [1.807, 2.05) is 30.3 Å². The molecule has 1 aliphatic heterocycles. The number of aromatic nitrogens is 4. The molecule has 0 fully saturated rings. The fourth-order valence-electron chi connectivity index (χ4n) is 3.87. The smallest absolute Gasteiger partial charge is 0.332 e. The van der Waals surface area contributed by atoms with E-state index >= 15 is 0 Å². The highest BCUT2D eigenvalue weighted by molar-refractivity contribution is 5.70. The van der Waals surface area contributed by atoms with Crippen molar-refractivity contribution < 1.29 is 13.9 Å². The van der Waals surface area contributed by atoms with Crippen LogP contribution in [0.5, 0.6) is 5.75 Å². The molecule has 5 rings (SSSR count). The van der Waals surface area contributed by atoms with Gasteiger partial charge in [-0.05, 0) is 12.1 Å². The Morgan fingerprint density at radius 3 is 2.68 bits per heavy atom. The average molecular weight is 422 g/mol. The van der Waals surface area contributed by atoms with Gasteiger partial charge in [0.25, 0.3) is 5.56 Å². The van der Waals surface area contributed by atoms with E-state index in [0.717, 1.165) is 10.1 Å². The van der Waals surface area contributed by atoms with Crippen LogP contribution in [-0.4, -0.2) is 18.7 Å². The van der Waals surface area contributed by atoms with Crippen molar-refractivity contribution in [3.63, 3.8) is 0 Å². The Kier molecular flexibility index (Phi) is 4.48. The molecule has 0 amide bonds. The van der Waals surface area contributed by atoms with E-state index < -0.39 is 23.4 Å². The molecule has 1 aliphatic rings. The lowest BCUT2D eigenvalue weighted by molar-refractivity contribution is -0.112. The third kappa shape index (κ3) is 3.14. The predicted octanol–water partition coefficient (Wildman–Crippen LogP) is 2.23. The lowest BCUT2D eigenvalue weighted by Gasteiger charge is -2.28. The Balaban J connectivity index is 1.60. The minimum atomic E-state index is -0.619. The molecule has 0 aliphatic carbocycles. The van der Waals surface area contributed by atoms with Gasteiger partial charge in [-0.3, -0.25) is 13.9 Å². The Morgan fingerprint density at radius 2 is 1.90 bits per heavy atom. The summed E-state index contributed by atoms with van der Waals surface area (Å²) in [7, 11) is 2.97. The quantitative estimate of drug-likeness (QED) is 0.506. The summed E-state index contributed by atoms with van der Waals surface area (Å²) in [6.45, 7) is 0.339. The van der Waals surface area contributed by atoms with Crippen molar-refractivity contribution in [2.45, 2.75) is 19.4 Å². The number of imidazole rings is 1. The summed E-state index contributed by atoms with van der Waals surface area (Å²) in [5.41, 5.74) is 1.59. The van der Waals surface area contributed by atoms with E-state index in [2.05, 4.69) is 4.98 Å². The number of fused-ring (bicyclic) bond motifs is 2. The number of halogens is 1. The fourth-order valence-corrected chi connectivity index (χ4v) is 3.87. The molecule has 2 aromatic carbocycles. The second kappa shape index (κ2) is 7.21. The topological polar surface area (TPSA) is 80.3 Å². The highest BCUT2D eigenvalue weighted by atomic mass is 19.1. The van der Waals surface area contributed by atoms with Gasteiger partial charge in [0.2, 0.25) is 6.29 Å². The van der Waals surface area contributed by atoms with Crippen LogP contribution in [-0.2, 0) is 32.0 Å². The lowest BCUT2D eigenvalue weighted by atomic mass is 10.1. The number of ether oxygens (including phenoxy) is 2. The largest absolute Gasteiger partial charge is 0.460 e. The highest BCUT2D eigenvalue weighted by Crippen LogP contribution is 2.37. The molecule has 0 saturated carbocycles. The van der Waals surface area contributed by atoms with E-state index in [0.29, 0.717) is 16.9 Å². The van der Waals surface area contributed by atoms with Crippen LogP contribution in [0.4, 0.5) is 4.39 Å². The SMILES string of the molecule is Cn1c(=O)c2c(ncn2Cc2cc(F)cc3c2O[C@H](c2ccccc2)OC3)n(C)c1=O. The monoisotopic (exact) mass is 422 g/mol. The maximum absolute atomic E-state index is 14.3. The zero-order valence-corrected chi connectivity index (χ0v) is 16.9. The van der Waals surface area contributed by atoms with Gasteiger partial charge in [0.15, 0.2) is 11.2 Å². The number of hydrogen-bond acceptors (Lipinski definition) is 5. The molecule has 2 aromatic heterocycles. The summed E-state index contributed by atoms with van der Waals surface area (Å²) in [5, 5.41) is 0. The van der Waals surface area contributed by atoms with Crippen molar-refractivity contribution >= 4 is 11.2 Å². The Bertz CT molecular complexity index is 1420. The molecule has 8 nitrogen and oxygen atoms in total. The van der Waals surface area contributed by atoms with Crippen LogP contribution in [0.3, 0.4) is 0 Å². The van der Waals surface area contributed by atoms with Crippen molar-refractivity contribution in [2.24, 2.45) is 14.1 Å². The third-order valence-electron chi connectivity index (χ3n) is 5.45. The maximum Gasteiger partial charge on any atom is 0.332 e. The van der Waals surface area contributed by atoms with E-state index in [4.69, 9.17) is 9.47 Å². The van der Waals surface area contributed by atoms with Gasteiger partial charge in [-0.1, -0.05) is 30.3 Å². The molecule has 0 bridgehead atoms. The first kappa shape index (κ1) is 19.3. The molecular weight excluding hydrogens is 403 g/mol. The van der Waals surface area contributed by atoms with E-state index in [1.165, 1.54) is 30.1 Å². The van der Waals surface area contributed by atoms with Crippen molar-refractivity contribution in [1.82, 2.24) is 18.7 Å². The van der Waals surface area contributed by atoms with Crippen LogP contribution in [0.2, 0.25) is 0 Å². The first-order valence-electron chi connectivity index (χ1n) is 9.69. The van der Waals surface area contributed by atoms with Crippen LogP contribution in [0.25, 0.3) is 11.2 Å². The van der Waals surface area contributed by atoms with E-state index in [1.54, 1.807) is 11.6 Å². The molecule has 0 radical (unpaired) electrons. The van der Waals surface area contributed by atoms with Crippen molar-refractivity contribution in [3.05, 3.63) is 92.1 Å². The summed E-state index contributed by atoms with van der Waals surface area (Å²) < 4.78 is 30.1. The Hall–Kier alpha value is -3.72. The molecule has 0 unspecified atom stereocenters. The van der Waals surface area contributed by atoms with Gasteiger partial charge in [-0.15, -0.1) is 0 Å². The van der Waals surface area contributed by atoms with Gasteiger partial charge in [0, 0.05) is 30.8 Å².